The Morgan fingerprint density at radius 2 is 1.96 bits per heavy atom. The molecule has 130 valence electrons. The lowest BCUT2D eigenvalue weighted by molar-refractivity contribution is 0.0517. The molecule has 0 saturated carbocycles. The Morgan fingerprint density at radius 3 is 2.76 bits per heavy atom. The van der Waals surface area contributed by atoms with Crippen LogP contribution >= 0.6 is 0 Å². The Labute approximate surface area is 145 Å². The number of benzene rings is 2. The molecule has 0 fully saturated rings. The largest absolute Gasteiger partial charge is 0.497 e. The highest BCUT2D eigenvalue weighted by Gasteiger charge is 2.29. The molecule has 2 aromatic carbocycles. The molecule has 0 aliphatic carbocycles. The predicted molar refractivity (Wildman–Crippen MR) is 91.4 cm³/mol. The van der Waals surface area contributed by atoms with Crippen molar-refractivity contribution in [2.45, 2.75) is 4.90 Å². The van der Waals surface area contributed by atoms with Gasteiger partial charge in [0.2, 0.25) is 0 Å². The Bertz CT molecular complexity index is 938. The molecular formula is C17H16N2O5S. The fraction of sp³-hybridized carbons (Fsp3) is 0.176. The van der Waals surface area contributed by atoms with E-state index in [0.717, 1.165) is 0 Å². The molecule has 1 heterocycles. The van der Waals surface area contributed by atoms with Crippen LogP contribution in [0, 0.1) is 0 Å². The van der Waals surface area contributed by atoms with E-state index in [1.54, 1.807) is 42.5 Å². The van der Waals surface area contributed by atoms with Gasteiger partial charge in [0, 0.05) is 5.56 Å². The topological polar surface area (TPSA) is 94.1 Å². The number of nitrogens with one attached hydrogen (secondary N) is 1. The van der Waals surface area contributed by atoms with E-state index in [-0.39, 0.29) is 23.9 Å². The number of rotatable bonds is 5. The SMILES string of the molecule is COc1cccc(C(=O)OCCN=C2NS(=O)(=O)c3ccccc32)c1. The maximum atomic E-state index is 12.0. The monoisotopic (exact) mass is 360 g/mol. The Hall–Kier alpha value is -2.87. The molecule has 8 heteroatoms. The van der Waals surface area contributed by atoms with E-state index in [2.05, 4.69) is 9.71 Å². The van der Waals surface area contributed by atoms with Crippen molar-refractivity contribution in [2.24, 2.45) is 4.99 Å². The summed E-state index contributed by atoms with van der Waals surface area (Å²) >= 11 is 0. The van der Waals surface area contributed by atoms with Crippen molar-refractivity contribution in [2.75, 3.05) is 20.3 Å². The second-order valence-electron chi connectivity index (χ2n) is 5.20. The molecule has 25 heavy (non-hydrogen) atoms. The summed E-state index contributed by atoms with van der Waals surface area (Å²) in [6.07, 6.45) is 0. The number of fused-ring (bicyclic) bond motifs is 1. The van der Waals surface area contributed by atoms with E-state index in [0.29, 0.717) is 16.9 Å². The predicted octanol–water partition coefficient (Wildman–Crippen LogP) is 1.59. The lowest BCUT2D eigenvalue weighted by Gasteiger charge is -2.05. The summed E-state index contributed by atoms with van der Waals surface area (Å²) in [7, 11) is -2.05. The first-order chi connectivity index (χ1) is 12.0. The minimum absolute atomic E-state index is 0.0312. The number of carbonyl (C=O) groups excluding carboxylic acids is 1. The zero-order valence-corrected chi connectivity index (χ0v) is 14.2. The molecule has 2 aromatic rings. The summed E-state index contributed by atoms with van der Waals surface area (Å²) in [6.45, 7) is 0.172. The number of sulfonamides is 1. The number of methoxy groups -OCH3 is 1. The fourth-order valence-electron chi connectivity index (χ4n) is 2.38. The van der Waals surface area contributed by atoms with Crippen LogP contribution in [-0.4, -0.2) is 40.5 Å². The first kappa shape index (κ1) is 17.0. The van der Waals surface area contributed by atoms with Gasteiger partial charge in [0.1, 0.15) is 18.2 Å². The maximum Gasteiger partial charge on any atom is 0.338 e. The van der Waals surface area contributed by atoms with Crippen LogP contribution < -0.4 is 9.46 Å². The number of nitrogens with zero attached hydrogens (tertiary/aromatic N) is 1. The van der Waals surface area contributed by atoms with Crippen LogP contribution in [-0.2, 0) is 14.8 Å². The van der Waals surface area contributed by atoms with Crippen LogP contribution in [0.1, 0.15) is 15.9 Å². The lowest BCUT2D eigenvalue weighted by atomic mass is 10.2. The summed E-state index contributed by atoms with van der Waals surface area (Å²) in [4.78, 5) is 16.4. The third-order valence-electron chi connectivity index (χ3n) is 3.56. The number of esters is 1. The zero-order valence-electron chi connectivity index (χ0n) is 13.4. The molecule has 0 atom stereocenters. The normalized spacial score (nSPS) is 16.1. The van der Waals surface area contributed by atoms with Gasteiger partial charge in [-0.2, -0.15) is 0 Å². The molecule has 0 saturated heterocycles. The third kappa shape index (κ3) is 3.63. The van der Waals surface area contributed by atoms with Crippen molar-refractivity contribution in [1.82, 2.24) is 4.72 Å². The van der Waals surface area contributed by atoms with Crippen molar-refractivity contribution < 1.29 is 22.7 Å². The summed E-state index contributed by atoms with van der Waals surface area (Å²) in [5.41, 5.74) is 0.889. The highest BCUT2D eigenvalue weighted by atomic mass is 32.2. The molecular weight excluding hydrogens is 344 g/mol. The molecule has 0 amide bonds. The molecule has 3 rings (SSSR count). The van der Waals surface area contributed by atoms with Gasteiger partial charge in [-0.3, -0.25) is 9.71 Å². The van der Waals surface area contributed by atoms with Gasteiger partial charge >= 0.3 is 5.97 Å². The molecule has 0 aromatic heterocycles. The molecule has 0 radical (unpaired) electrons. The third-order valence-corrected chi connectivity index (χ3v) is 4.96. The lowest BCUT2D eigenvalue weighted by Crippen LogP contribution is -2.23. The number of aliphatic imine (C=N–C) groups is 1. The first-order valence-electron chi connectivity index (χ1n) is 7.49. The number of hydrogen-bond acceptors (Lipinski definition) is 6. The van der Waals surface area contributed by atoms with Gasteiger partial charge in [-0.05, 0) is 30.3 Å². The number of hydrogen-bond donors (Lipinski definition) is 1. The van der Waals surface area contributed by atoms with Gasteiger partial charge in [-0.1, -0.05) is 18.2 Å². The second kappa shape index (κ2) is 6.94. The van der Waals surface area contributed by atoms with Crippen LogP contribution in [0.2, 0.25) is 0 Å². The first-order valence-corrected chi connectivity index (χ1v) is 8.97. The van der Waals surface area contributed by atoms with Gasteiger partial charge in [-0.15, -0.1) is 0 Å². The molecule has 0 spiro atoms. The minimum atomic E-state index is -3.56. The van der Waals surface area contributed by atoms with Gasteiger partial charge in [-0.25, -0.2) is 13.2 Å². The molecule has 1 aliphatic heterocycles. The molecule has 0 bridgehead atoms. The van der Waals surface area contributed by atoms with E-state index in [9.17, 15) is 13.2 Å². The van der Waals surface area contributed by atoms with Crippen LogP contribution in [0.25, 0.3) is 0 Å². The van der Waals surface area contributed by atoms with Crippen molar-refractivity contribution >= 4 is 21.8 Å². The van der Waals surface area contributed by atoms with E-state index >= 15 is 0 Å². The standard InChI is InChI=1S/C17H16N2O5S/c1-23-13-6-4-5-12(11-13)17(20)24-10-9-18-16-14-7-2-3-8-15(14)25(21,22)19-16/h2-8,11H,9-10H2,1H3,(H,18,19). The van der Waals surface area contributed by atoms with Gasteiger partial charge in [0.05, 0.1) is 24.1 Å². The van der Waals surface area contributed by atoms with Crippen LogP contribution in [0.5, 0.6) is 5.75 Å². The molecule has 1 N–H and O–H groups in total. The van der Waals surface area contributed by atoms with Crippen LogP contribution in [0.3, 0.4) is 0 Å². The van der Waals surface area contributed by atoms with Crippen molar-refractivity contribution in [1.29, 1.82) is 0 Å². The summed E-state index contributed by atoms with van der Waals surface area (Å²) in [5.74, 6) is 0.325. The van der Waals surface area contributed by atoms with E-state index < -0.39 is 16.0 Å². The summed E-state index contributed by atoms with van der Waals surface area (Å²) < 4.78 is 36.5. The Morgan fingerprint density at radius 1 is 1.16 bits per heavy atom. The fourth-order valence-corrected chi connectivity index (χ4v) is 3.63. The van der Waals surface area contributed by atoms with E-state index in [1.807, 2.05) is 0 Å². The van der Waals surface area contributed by atoms with Gasteiger partial charge < -0.3 is 9.47 Å². The Kier molecular flexibility index (Phi) is 4.71. The van der Waals surface area contributed by atoms with E-state index in [4.69, 9.17) is 9.47 Å². The smallest absolute Gasteiger partial charge is 0.338 e. The van der Waals surface area contributed by atoms with Gasteiger partial charge in [0.15, 0.2) is 0 Å². The number of ether oxygens (including phenoxy) is 2. The average molecular weight is 360 g/mol. The highest BCUT2D eigenvalue weighted by molar-refractivity contribution is 7.90. The second-order valence-corrected chi connectivity index (χ2v) is 6.85. The van der Waals surface area contributed by atoms with Crippen molar-refractivity contribution in [3.8, 4) is 5.75 Å². The molecule has 7 nitrogen and oxygen atoms in total. The Balaban J connectivity index is 1.62. The van der Waals surface area contributed by atoms with Crippen molar-refractivity contribution in [3.05, 3.63) is 59.7 Å². The maximum absolute atomic E-state index is 12.0. The van der Waals surface area contributed by atoms with Crippen LogP contribution in [0.15, 0.2) is 58.4 Å². The highest BCUT2D eigenvalue weighted by Crippen LogP contribution is 2.22. The zero-order chi connectivity index (χ0) is 17.9. The van der Waals surface area contributed by atoms with Crippen molar-refractivity contribution in [3.63, 3.8) is 0 Å². The number of carbonyl (C=O) groups is 1. The summed E-state index contributed by atoms with van der Waals surface area (Å²) in [6, 6.07) is 13.2. The average Bonchev–Trinajstić information content (AvgIpc) is 2.89. The number of amidine groups is 1. The van der Waals surface area contributed by atoms with E-state index in [1.165, 1.54) is 13.2 Å². The van der Waals surface area contributed by atoms with Gasteiger partial charge in [0.25, 0.3) is 10.0 Å². The van der Waals surface area contributed by atoms with Crippen LogP contribution in [0.4, 0.5) is 0 Å². The minimum Gasteiger partial charge on any atom is -0.497 e. The quantitative estimate of drug-likeness (QED) is 0.645. The summed E-state index contributed by atoms with van der Waals surface area (Å²) in [5, 5.41) is 0. The molecule has 1 aliphatic rings. The molecule has 0 unspecified atom stereocenters.